The largest absolute Gasteiger partial charge is 0.539 e. The van der Waals surface area contributed by atoms with E-state index in [9.17, 15) is 4.79 Å². The summed E-state index contributed by atoms with van der Waals surface area (Å²) in [6.07, 6.45) is 5.93. The molecule has 1 saturated heterocycles. The average Bonchev–Trinajstić information content (AvgIpc) is 2.08. The van der Waals surface area contributed by atoms with Crippen molar-refractivity contribution in [2.45, 2.75) is 45.6 Å². The van der Waals surface area contributed by atoms with Gasteiger partial charge in [0.2, 0.25) is 0 Å². The molecule has 0 N–H and O–H groups in total. The molecule has 0 aromatic heterocycles. The molecule has 1 radical (unpaired) electrons. The van der Waals surface area contributed by atoms with Crippen LogP contribution in [-0.2, 0) is 30.6 Å². The minimum atomic E-state index is -0.219. The minimum absolute atomic E-state index is 0. The molecule has 1 rings (SSSR count). The number of carbonyl (C=O) groups excluding carboxylic acids is 1. The Morgan fingerprint density at radius 1 is 1.38 bits per heavy atom. The van der Waals surface area contributed by atoms with Gasteiger partial charge in [0.15, 0.2) is 0 Å². The third-order valence-corrected chi connectivity index (χ3v) is 1.31. The maximum Gasteiger partial charge on any atom is 0.0437 e. The molecule has 1 fully saturated rings. The van der Waals surface area contributed by atoms with Gasteiger partial charge in [-0.25, -0.2) is 6.29 Å². The summed E-state index contributed by atoms with van der Waals surface area (Å²) in [4.78, 5) is 9.91. The first-order valence-corrected chi connectivity index (χ1v) is 4.34. The van der Waals surface area contributed by atoms with E-state index in [1.807, 2.05) is 6.29 Å². The molecule has 2 nitrogen and oxygen atoms in total. The summed E-state index contributed by atoms with van der Waals surface area (Å²) in [6, 6.07) is 0. The van der Waals surface area contributed by atoms with Crippen LogP contribution in [0.3, 0.4) is 0 Å². The van der Waals surface area contributed by atoms with E-state index in [4.69, 9.17) is 4.74 Å². The third kappa shape index (κ3) is 12.5. The van der Waals surface area contributed by atoms with Gasteiger partial charge in [-0.3, -0.25) is 0 Å². The van der Waals surface area contributed by atoms with Crippen molar-refractivity contribution < 1.29 is 30.6 Å². The molecule has 0 bridgehead atoms. The Bertz CT molecular complexity index is 95.6. The van der Waals surface area contributed by atoms with Crippen molar-refractivity contribution in [3.63, 3.8) is 0 Å². The molecule has 0 amide bonds. The number of hydrogen-bond donors (Lipinski definition) is 0. The van der Waals surface area contributed by atoms with Crippen molar-refractivity contribution in [1.82, 2.24) is 0 Å². The zero-order chi connectivity index (χ0) is 8.53. The molecular formula is C9H20O2PtSi-. The average molecular weight is 383 g/mol. The van der Waals surface area contributed by atoms with Gasteiger partial charge in [0.05, 0.1) is 0 Å². The normalized spacial score (nSPS) is 19.7. The van der Waals surface area contributed by atoms with Gasteiger partial charge in [-0.05, 0) is 23.5 Å². The fourth-order valence-electron chi connectivity index (χ4n) is 0.834. The summed E-state index contributed by atoms with van der Waals surface area (Å²) < 4.78 is 5.00. The van der Waals surface area contributed by atoms with Gasteiger partial charge in [0.1, 0.15) is 0 Å². The molecule has 13 heavy (non-hydrogen) atoms. The van der Waals surface area contributed by atoms with Gasteiger partial charge in [0, 0.05) is 27.7 Å². The molecule has 4 heteroatoms. The Morgan fingerprint density at radius 2 is 1.92 bits per heavy atom. The molecule has 0 aliphatic carbocycles. The summed E-state index contributed by atoms with van der Waals surface area (Å²) in [7, 11) is 0. The van der Waals surface area contributed by atoms with Crippen LogP contribution in [0.1, 0.15) is 39.5 Å². The van der Waals surface area contributed by atoms with Crippen LogP contribution in [0.5, 0.6) is 0 Å². The van der Waals surface area contributed by atoms with Gasteiger partial charge in [-0.2, -0.15) is 0 Å². The van der Waals surface area contributed by atoms with Gasteiger partial charge in [-0.1, -0.05) is 33.1 Å². The van der Waals surface area contributed by atoms with Gasteiger partial charge in [0.25, 0.3) is 0 Å². The second kappa shape index (κ2) is 15.0. The van der Waals surface area contributed by atoms with Crippen LogP contribution in [0.25, 0.3) is 0 Å². The topological polar surface area (TPSA) is 26.3 Å². The van der Waals surface area contributed by atoms with Crippen LogP contribution in [0, 0.1) is 0 Å². The number of ether oxygens (including phenoxy) is 1. The summed E-state index contributed by atoms with van der Waals surface area (Å²) in [5.41, 5.74) is 0. The Kier molecular flexibility index (Phi) is 22.2. The van der Waals surface area contributed by atoms with Crippen LogP contribution in [0.2, 0.25) is 0 Å². The summed E-state index contributed by atoms with van der Waals surface area (Å²) in [5.74, 6) is 0. The molecule has 1 unspecified atom stereocenters. The summed E-state index contributed by atoms with van der Waals surface area (Å²) >= 11 is 0. The van der Waals surface area contributed by atoms with Crippen molar-refractivity contribution in [2.24, 2.45) is 0 Å². The van der Waals surface area contributed by atoms with Crippen LogP contribution >= 0.6 is 0 Å². The molecule has 0 aromatic carbocycles. The van der Waals surface area contributed by atoms with Crippen molar-refractivity contribution in [3.8, 4) is 0 Å². The van der Waals surface area contributed by atoms with E-state index in [1.54, 1.807) is 0 Å². The van der Waals surface area contributed by atoms with Gasteiger partial charge in [-0.15, -0.1) is 0 Å². The number of hydrogen-bond acceptors (Lipinski definition) is 2. The summed E-state index contributed by atoms with van der Waals surface area (Å²) in [6.45, 7) is 4.99. The van der Waals surface area contributed by atoms with E-state index < -0.39 is 0 Å². The van der Waals surface area contributed by atoms with Crippen molar-refractivity contribution in [1.29, 1.82) is 0 Å². The zero-order valence-corrected chi connectivity index (χ0v) is 13.0. The molecule has 0 spiro atoms. The first-order chi connectivity index (χ1) is 5.35. The van der Waals surface area contributed by atoms with E-state index in [2.05, 4.69) is 13.8 Å². The molecule has 83 valence electrons. The van der Waals surface area contributed by atoms with Crippen molar-refractivity contribution in [2.75, 3.05) is 6.61 Å². The van der Waals surface area contributed by atoms with Crippen LogP contribution < -0.4 is 0 Å². The van der Waals surface area contributed by atoms with Crippen LogP contribution in [-0.4, -0.2) is 30.0 Å². The van der Waals surface area contributed by atoms with Crippen molar-refractivity contribution in [3.05, 3.63) is 0 Å². The third-order valence-electron chi connectivity index (χ3n) is 1.31. The first kappa shape index (κ1) is 19.2. The second-order valence-corrected chi connectivity index (χ2v) is 2.68. The zero-order valence-electron chi connectivity index (χ0n) is 8.75. The van der Waals surface area contributed by atoms with E-state index in [1.165, 1.54) is 6.42 Å². The molecule has 1 atom stereocenters. The molecule has 0 aromatic rings. The first-order valence-electron chi connectivity index (χ1n) is 4.34. The molecule has 1 aliphatic rings. The number of rotatable bonds is 1. The molecule has 1 aliphatic heterocycles. The quantitative estimate of drug-likeness (QED) is 0.497. The standard InChI is InChI=1S/C6H9O2.C3H8.Pt.H3Si/c7-5-6-3-1-2-4-8-6;1-3-2;;/h6H,1-4H2;3H2,1-2H3;;1H3/q-1;;;. The van der Waals surface area contributed by atoms with E-state index in [0.717, 1.165) is 25.9 Å². The Labute approximate surface area is 100 Å². The predicted molar refractivity (Wildman–Crippen MR) is 55.2 cm³/mol. The smallest absolute Gasteiger partial charge is 0.0437 e. The summed E-state index contributed by atoms with van der Waals surface area (Å²) in [5, 5.41) is 0. The van der Waals surface area contributed by atoms with Crippen LogP contribution in [0.4, 0.5) is 0 Å². The van der Waals surface area contributed by atoms with Gasteiger partial charge >= 0.3 is 0 Å². The van der Waals surface area contributed by atoms with Crippen LogP contribution in [0.15, 0.2) is 0 Å². The fraction of sp³-hybridized carbons (Fsp3) is 0.889. The monoisotopic (exact) mass is 383 g/mol. The molecular weight excluding hydrogens is 363 g/mol. The van der Waals surface area contributed by atoms with E-state index in [0.29, 0.717) is 0 Å². The van der Waals surface area contributed by atoms with E-state index in [-0.39, 0.29) is 38.1 Å². The molecule has 1 heterocycles. The van der Waals surface area contributed by atoms with Crippen molar-refractivity contribution >= 4 is 17.3 Å². The Morgan fingerprint density at radius 3 is 2.15 bits per heavy atom. The Balaban J connectivity index is -0.000000180. The second-order valence-electron chi connectivity index (χ2n) is 2.68. The SMILES string of the molecule is CCC.O=[C-]C1CCCCO1.[Pt].[SiH3]. The maximum atomic E-state index is 9.91. The maximum absolute atomic E-state index is 9.91. The fourth-order valence-corrected chi connectivity index (χ4v) is 0.834. The Hall–Kier alpha value is 0.535. The van der Waals surface area contributed by atoms with E-state index >= 15 is 0 Å². The molecule has 0 saturated carbocycles. The predicted octanol–water partition coefficient (Wildman–Crippen LogP) is 0.895. The minimum Gasteiger partial charge on any atom is -0.539 e. The van der Waals surface area contributed by atoms with Gasteiger partial charge < -0.3 is 9.53 Å².